The van der Waals surface area contributed by atoms with E-state index in [-0.39, 0.29) is 0 Å². The molecule has 8 heteroatoms. The highest BCUT2D eigenvalue weighted by Crippen LogP contribution is 2.17. The third kappa shape index (κ3) is 5.23. The fraction of sp³-hybridized carbons (Fsp3) is 0.125. The second-order valence-corrected chi connectivity index (χ2v) is 7.30. The molecule has 8 nitrogen and oxygen atoms in total. The molecule has 2 N–H and O–H groups in total. The molecule has 0 aliphatic carbocycles. The molecule has 0 bridgehead atoms. The Labute approximate surface area is 185 Å². The van der Waals surface area contributed by atoms with E-state index in [0.29, 0.717) is 17.8 Å². The summed E-state index contributed by atoms with van der Waals surface area (Å²) < 4.78 is 1.59. The lowest BCUT2D eigenvalue weighted by Crippen LogP contribution is -2.38. The number of anilines is 1. The summed E-state index contributed by atoms with van der Waals surface area (Å²) in [6.45, 7) is 2.02. The van der Waals surface area contributed by atoms with Crippen molar-refractivity contribution in [1.29, 1.82) is 0 Å². The molecular weight excluding hydrogens is 404 g/mol. The molecule has 0 aliphatic rings. The van der Waals surface area contributed by atoms with Crippen LogP contribution in [0.5, 0.6) is 0 Å². The number of nitrogens with zero attached hydrogens (tertiary/aromatic N) is 4. The number of hydrogen-bond acceptors (Lipinski definition) is 5. The van der Waals surface area contributed by atoms with Gasteiger partial charge in [-0.15, -0.1) is 0 Å². The first-order chi connectivity index (χ1) is 15.6. The van der Waals surface area contributed by atoms with Crippen LogP contribution in [0.25, 0.3) is 5.69 Å². The minimum atomic E-state index is -0.774. The van der Waals surface area contributed by atoms with Crippen molar-refractivity contribution in [3.63, 3.8) is 0 Å². The van der Waals surface area contributed by atoms with E-state index in [1.807, 2.05) is 43.3 Å². The van der Waals surface area contributed by atoms with Crippen molar-refractivity contribution in [3.05, 3.63) is 102 Å². The zero-order valence-corrected chi connectivity index (χ0v) is 17.5. The van der Waals surface area contributed by atoms with Gasteiger partial charge in [0.15, 0.2) is 0 Å². The summed E-state index contributed by atoms with van der Waals surface area (Å²) in [6.07, 6.45) is 8.58. The highest BCUT2D eigenvalue weighted by atomic mass is 16.2. The Morgan fingerprint density at radius 1 is 0.969 bits per heavy atom. The van der Waals surface area contributed by atoms with Crippen molar-refractivity contribution in [2.45, 2.75) is 19.4 Å². The fourth-order valence-electron chi connectivity index (χ4n) is 3.21. The van der Waals surface area contributed by atoms with Crippen molar-refractivity contribution >= 4 is 17.5 Å². The number of amides is 2. The number of aromatic nitrogens is 4. The largest absolute Gasteiger partial charge is 0.339 e. The highest BCUT2D eigenvalue weighted by Gasteiger charge is 2.22. The molecule has 3 aromatic heterocycles. The van der Waals surface area contributed by atoms with Crippen LogP contribution in [0.1, 0.15) is 22.9 Å². The maximum absolute atomic E-state index is 12.7. The quantitative estimate of drug-likeness (QED) is 0.462. The van der Waals surface area contributed by atoms with E-state index in [9.17, 15) is 9.59 Å². The van der Waals surface area contributed by atoms with Gasteiger partial charge in [-0.25, -0.2) is 4.68 Å². The Morgan fingerprint density at radius 3 is 2.47 bits per heavy atom. The first-order valence-electron chi connectivity index (χ1n) is 10.1. The summed E-state index contributed by atoms with van der Waals surface area (Å²) in [5.74, 6) is -1.52. The second-order valence-electron chi connectivity index (χ2n) is 7.30. The molecule has 0 saturated carbocycles. The monoisotopic (exact) mass is 426 g/mol. The molecule has 3 heterocycles. The number of carbonyl (C=O) groups is 2. The molecule has 0 aliphatic heterocycles. The lowest BCUT2D eigenvalue weighted by molar-refractivity contribution is -0.136. The van der Waals surface area contributed by atoms with Gasteiger partial charge in [-0.1, -0.05) is 35.9 Å². The van der Waals surface area contributed by atoms with Crippen LogP contribution >= 0.6 is 0 Å². The summed E-state index contributed by atoms with van der Waals surface area (Å²) in [4.78, 5) is 33.5. The van der Waals surface area contributed by atoms with Crippen LogP contribution in [-0.2, 0) is 16.0 Å². The van der Waals surface area contributed by atoms with Gasteiger partial charge >= 0.3 is 11.8 Å². The number of carbonyl (C=O) groups excluding carboxylic acids is 2. The molecule has 0 spiro atoms. The summed E-state index contributed by atoms with van der Waals surface area (Å²) >= 11 is 0. The highest BCUT2D eigenvalue weighted by molar-refractivity contribution is 6.39. The molecule has 160 valence electrons. The molecule has 32 heavy (non-hydrogen) atoms. The van der Waals surface area contributed by atoms with E-state index in [2.05, 4.69) is 25.7 Å². The minimum absolute atomic E-state index is 0.412. The Bertz CT molecular complexity index is 1190. The summed E-state index contributed by atoms with van der Waals surface area (Å²) in [5, 5.41) is 9.60. The van der Waals surface area contributed by atoms with Crippen molar-refractivity contribution in [2.24, 2.45) is 0 Å². The molecular formula is C24H22N6O2. The van der Waals surface area contributed by atoms with Gasteiger partial charge in [0.1, 0.15) is 0 Å². The second kappa shape index (κ2) is 9.65. The summed E-state index contributed by atoms with van der Waals surface area (Å²) in [5.41, 5.74) is 4.07. The molecule has 0 fully saturated rings. The van der Waals surface area contributed by atoms with E-state index in [4.69, 9.17) is 0 Å². The normalized spacial score (nSPS) is 11.5. The Kier molecular flexibility index (Phi) is 6.31. The van der Waals surface area contributed by atoms with Crippen molar-refractivity contribution < 1.29 is 9.59 Å². The van der Waals surface area contributed by atoms with Crippen molar-refractivity contribution in [3.8, 4) is 5.69 Å². The van der Waals surface area contributed by atoms with Gasteiger partial charge < -0.3 is 10.6 Å². The molecule has 4 aromatic rings. The van der Waals surface area contributed by atoms with Crippen molar-refractivity contribution in [1.82, 2.24) is 25.1 Å². The van der Waals surface area contributed by atoms with E-state index in [0.717, 1.165) is 16.8 Å². The molecule has 0 unspecified atom stereocenters. The first kappa shape index (κ1) is 20.9. The number of pyridine rings is 2. The van der Waals surface area contributed by atoms with Crippen LogP contribution in [0.4, 0.5) is 5.69 Å². The maximum atomic E-state index is 12.7. The van der Waals surface area contributed by atoms with Gasteiger partial charge in [-0.05, 0) is 43.2 Å². The summed E-state index contributed by atoms with van der Waals surface area (Å²) in [7, 11) is 0. The first-order valence-corrected chi connectivity index (χ1v) is 10.1. The van der Waals surface area contributed by atoms with Crippen LogP contribution in [0.3, 0.4) is 0 Å². The minimum Gasteiger partial charge on any atom is -0.339 e. The molecule has 1 atom stereocenters. The Balaban J connectivity index is 1.45. The lowest BCUT2D eigenvalue weighted by Gasteiger charge is -2.18. The smallest absolute Gasteiger partial charge is 0.313 e. The van der Waals surface area contributed by atoms with Gasteiger partial charge in [-0.3, -0.25) is 19.6 Å². The molecule has 4 rings (SSSR count). The van der Waals surface area contributed by atoms with E-state index in [1.165, 1.54) is 6.20 Å². The maximum Gasteiger partial charge on any atom is 0.313 e. The third-order valence-electron chi connectivity index (χ3n) is 4.88. The average molecular weight is 426 g/mol. The van der Waals surface area contributed by atoms with Crippen LogP contribution in [0.15, 0.2) is 85.6 Å². The van der Waals surface area contributed by atoms with Crippen molar-refractivity contribution in [2.75, 3.05) is 5.32 Å². The lowest BCUT2D eigenvalue weighted by atomic mass is 10.0. The topological polar surface area (TPSA) is 102 Å². The Hall–Kier alpha value is -4.33. The van der Waals surface area contributed by atoms with E-state index < -0.39 is 17.9 Å². The Morgan fingerprint density at radius 2 is 1.75 bits per heavy atom. The zero-order valence-electron chi connectivity index (χ0n) is 17.5. The molecule has 0 radical (unpaired) electrons. The summed E-state index contributed by atoms with van der Waals surface area (Å²) in [6, 6.07) is 16.6. The average Bonchev–Trinajstić information content (AvgIpc) is 3.29. The number of nitrogens with one attached hydrogen (secondary N) is 2. The number of rotatable bonds is 6. The van der Waals surface area contributed by atoms with Gasteiger partial charge in [0, 0.05) is 18.6 Å². The van der Waals surface area contributed by atoms with Crippen LogP contribution in [-0.4, -0.2) is 31.6 Å². The third-order valence-corrected chi connectivity index (χ3v) is 4.88. The van der Waals surface area contributed by atoms with Gasteiger partial charge in [0.25, 0.3) is 0 Å². The molecule has 1 aromatic carbocycles. The van der Waals surface area contributed by atoms with E-state index in [1.54, 1.807) is 47.7 Å². The van der Waals surface area contributed by atoms with Gasteiger partial charge in [-0.2, -0.15) is 5.10 Å². The van der Waals surface area contributed by atoms with Crippen LogP contribution < -0.4 is 10.6 Å². The number of hydrogen-bond donors (Lipinski definition) is 2. The standard InChI is InChI=1S/C24H22N6O2/c1-17-5-7-18(8-6-17)14-22(21-4-2-3-11-26-21)29-24(32)23(31)28-19-15-27-30(16-19)20-9-12-25-13-10-20/h2-13,15-16,22H,14H2,1H3,(H,28,31)(H,29,32)/t22-/m0/s1. The van der Waals surface area contributed by atoms with E-state index >= 15 is 0 Å². The SMILES string of the molecule is Cc1ccc(C[C@H](NC(=O)C(=O)Nc2cnn(-c3ccncc3)c2)c2ccccn2)cc1. The number of aryl methyl sites for hydroxylation is 1. The predicted molar refractivity (Wildman–Crippen MR) is 120 cm³/mol. The zero-order chi connectivity index (χ0) is 22.3. The molecule has 0 saturated heterocycles. The predicted octanol–water partition coefficient (Wildman–Crippen LogP) is 3.01. The van der Waals surface area contributed by atoms with Gasteiger partial charge in [0.2, 0.25) is 0 Å². The number of benzene rings is 1. The van der Waals surface area contributed by atoms with Gasteiger partial charge in [0.05, 0.1) is 35.5 Å². The van der Waals surface area contributed by atoms with Crippen LogP contribution in [0.2, 0.25) is 0 Å². The fourth-order valence-corrected chi connectivity index (χ4v) is 3.21. The molecule has 2 amide bonds. The van der Waals surface area contributed by atoms with Crippen LogP contribution in [0, 0.1) is 6.92 Å².